The highest BCUT2D eigenvalue weighted by Gasteiger charge is 2.27. The third kappa shape index (κ3) is 4.74. The molecule has 0 saturated heterocycles. The Morgan fingerprint density at radius 2 is 2.23 bits per heavy atom. The predicted octanol–water partition coefficient (Wildman–Crippen LogP) is 4.25. The summed E-state index contributed by atoms with van der Waals surface area (Å²) in [6.45, 7) is 0.368. The third-order valence-corrected chi connectivity index (χ3v) is 6.73. The number of ether oxygens (including phenoxy) is 1. The van der Waals surface area contributed by atoms with Gasteiger partial charge in [0, 0.05) is 22.6 Å². The quantitative estimate of drug-likeness (QED) is 0.674. The molecule has 1 unspecified atom stereocenters. The molecule has 1 atom stereocenters. The first-order valence-corrected chi connectivity index (χ1v) is 10.9. The predicted molar refractivity (Wildman–Crippen MR) is 113 cm³/mol. The lowest BCUT2D eigenvalue weighted by Crippen LogP contribution is -2.40. The molecular weight excluding hydrogens is 402 g/mol. The smallest absolute Gasteiger partial charge is 0.407 e. The summed E-state index contributed by atoms with van der Waals surface area (Å²) in [7, 11) is 0. The molecule has 2 aromatic rings. The molecule has 0 bridgehead atoms. The summed E-state index contributed by atoms with van der Waals surface area (Å²) in [4.78, 5) is 25.2. The molecule has 156 valence electrons. The zero-order valence-corrected chi connectivity index (χ0v) is 17.3. The maximum atomic E-state index is 12.3. The molecule has 30 heavy (non-hydrogen) atoms. The minimum Gasteiger partial charge on any atom is -0.472 e. The van der Waals surface area contributed by atoms with Crippen molar-refractivity contribution in [3.05, 3.63) is 46.2 Å². The third-order valence-electron chi connectivity index (χ3n) is 5.56. The Labute approximate surface area is 178 Å². The second kappa shape index (κ2) is 9.18. The maximum Gasteiger partial charge on any atom is 0.407 e. The van der Waals surface area contributed by atoms with E-state index in [0.29, 0.717) is 17.2 Å². The molecule has 1 saturated carbocycles. The highest BCUT2D eigenvalue weighted by molar-refractivity contribution is 7.16. The van der Waals surface area contributed by atoms with E-state index in [1.165, 1.54) is 23.7 Å². The molecule has 2 N–H and O–H groups in total. The van der Waals surface area contributed by atoms with Gasteiger partial charge >= 0.3 is 6.09 Å². The van der Waals surface area contributed by atoms with Crippen molar-refractivity contribution in [1.82, 2.24) is 5.32 Å². The summed E-state index contributed by atoms with van der Waals surface area (Å²) < 4.78 is 10.4. The van der Waals surface area contributed by atoms with Gasteiger partial charge in [0.15, 0.2) is 0 Å². The largest absolute Gasteiger partial charge is 0.472 e. The van der Waals surface area contributed by atoms with E-state index < -0.39 is 0 Å². The van der Waals surface area contributed by atoms with E-state index in [1.807, 2.05) is 0 Å². The molecule has 4 rings (SSSR count). The Balaban J connectivity index is 1.35. The second-order valence-corrected chi connectivity index (χ2v) is 8.78. The summed E-state index contributed by atoms with van der Waals surface area (Å²) in [6.07, 6.45) is 11.4. The number of carbonyl (C=O) groups is 2. The van der Waals surface area contributed by atoms with Crippen molar-refractivity contribution in [2.24, 2.45) is 5.92 Å². The number of nitrogens with zero attached hydrogens (tertiary/aromatic N) is 1. The Morgan fingerprint density at radius 3 is 2.93 bits per heavy atom. The fourth-order valence-corrected chi connectivity index (χ4v) is 4.97. The van der Waals surface area contributed by atoms with Crippen LogP contribution in [0.4, 0.5) is 9.80 Å². The lowest BCUT2D eigenvalue weighted by Gasteiger charge is -2.27. The number of thiophene rings is 1. The van der Waals surface area contributed by atoms with Gasteiger partial charge in [-0.1, -0.05) is 0 Å². The van der Waals surface area contributed by atoms with Crippen LogP contribution in [-0.4, -0.2) is 24.6 Å². The van der Waals surface area contributed by atoms with Crippen LogP contribution in [0.5, 0.6) is 0 Å². The van der Waals surface area contributed by atoms with E-state index in [4.69, 9.17) is 9.15 Å². The van der Waals surface area contributed by atoms with Crippen LogP contribution in [0.2, 0.25) is 0 Å². The van der Waals surface area contributed by atoms with Crippen LogP contribution in [0.1, 0.15) is 47.3 Å². The average molecular weight is 426 g/mol. The van der Waals surface area contributed by atoms with Crippen molar-refractivity contribution in [2.45, 2.75) is 44.6 Å². The highest BCUT2D eigenvalue weighted by atomic mass is 32.1. The minimum atomic E-state index is -0.341. The van der Waals surface area contributed by atoms with Gasteiger partial charge in [-0.05, 0) is 62.1 Å². The molecule has 2 aliphatic carbocycles. The molecule has 2 aromatic heterocycles. The summed E-state index contributed by atoms with van der Waals surface area (Å²) in [5, 5.41) is 15.9. The number of furan rings is 1. The molecule has 0 aliphatic heterocycles. The van der Waals surface area contributed by atoms with Crippen LogP contribution in [0.3, 0.4) is 0 Å². The topological polar surface area (TPSA) is 104 Å². The number of fused-ring (bicyclic) bond motifs is 1. The number of amides is 2. The van der Waals surface area contributed by atoms with Gasteiger partial charge in [0.1, 0.15) is 11.1 Å². The Hall–Kier alpha value is -3.05. The molecule has 0 spiro atoms. The highest BCUT2D eigenvalue weighted by Crippen LogP contribution is 2.39. The van der Waals surface area contributed by atoms with E-state index >= 15 is 0 Å². The number of rotatable bonds is 6. The first-order chi connectivity index (χ1) is 14.6. The molecule has 2 heterocycles. The normalized spacial score (nSPS) is 18.3. The van der Waals surface area contributed by atoms with Crippen molar-refractivity contribution < 1.29 is 18.7 Å². The van der Waals surface area contributed by atoms with E-state index in [0.717, 1.165) is 54.5 Å². The fourth-order valence-electron chi connectivity index (χ4n) is 3.65. The number of hydrogen-bond donors (Lipinski definition) is 2. The first kappa shape index (κ1) is 20.2. The standard InChI is InChI=1S/C22H23N3O4S/c23-11-18-17-6-4-15(13-29-22(27)24-16-2-1-3-16)10-19(17)30-21(18)25-20(26)7-5-14-8-9-28-12-14/h5,7-9,12,15-16H,1-4,6,10,13H2,(H,24,27)(H,25,26)/b7-5+. The van der Waals surface area contributed by atoms with E-state index in [-0.39, 0.29) is 24.0 Å². The number of alkyl carbamates (subject to hydrolysis) is 1. The monoisotopic (exact) mass is 425 g/mol. The van der Waals surface area contributed by atoms with Crippen molar-refractivity contribution in [1.29, 1.82) is 5.26 Å². The van der Waals surface area contributed by atoms with Crippen LogP contribution in [0.25, 0.3) is 6.08 Å². The first-order valence-electron chi connectivity index (χ1n) is 10.1. The van der Waals surface area contributed by atoms with Gasteiger partial charge in [0.05, 0.1) is 24.7 Å². The molecule has 2 amide bonds. The van der Waals surface area contributed by atoms with Crippen molar-refractivity contribution >= 4 is 34.4 Å². The summed E-state index contributed by atoms with van der Waals surface area (Å²) >= 11 is 1.44. The Bertz CT molecular complexity index is 983. The van der Waals surface area contributed by atoms with Gasteiger partial charge in [0.25, 0.3) is 0 Å². The van der Waals surface area contributed by atoms with Gasteiger partial charge in [-0.15, -0.1) is 11.3 Å². The van der Waals surface area contributed by atoms with Crippen molar-refractivity contribution in [3.63, 3.8) is 0 Å². The molecule has 2 aliphatic rings. The van der Waals surface area contributed by atoms with Gasteiger partial charge in [-0.25, -0.2) is 4.79 Å². The molecule has 7 nitrogen and oxygen atoms in total. The summed E-state index contributed by atoms with van der Waals surface area (Å²) in [5.74, 6) is -0.0711. The van der Waals surface area contributed by atoms with E-state index in [9.17, 15) is 14.9 Å². The molecule has 8 heteroatoms. The average Bonchev–Trinajstić information content (AvgIpc) is 3.34. The van der Waals surface area contributed by atoms with Crippen LogP contribution >= 0.6 is 11.3 Å². The van der Waals surface area contributed by atoms with Crippen molar-refractivity contribution in [2.75, 3.05) is 11.9 Å². The van der Waals surface area contributed by atoms with Crippen LogP contribution in [0.15, 0.2) is 29.1 Å². The minimum absolute atomic E-state index is 0.222. The molecule has 0 radical (unpaired) electrons. The lowest BCUT2D eigenvalue weighted by atomic mass is 9.88. The van der Waals surface area contributed by atoms with Gasteiger partial charge in [-0.2, -0.15) is 5.26 Å². The SMILES string of the molecule is N#Cc1c(NC(=O)/C=C/c2ccoc2)sc2c1CCC(COC(=O)NC1CCC1)C2. The fraction of sp³-hybridized carbons (Fsp3) is 0.409. The Morgan fingerprint density at radius 1 is 1.37 bits per heavy atom. The van der Waals surface area contributed by atoms with Crippen LogP contribution in [-0.2, 0) is 22.4 Å². The summed E-state index contributed by atoms with van der Waals surface area (Å²) in [6, 6.07) is 4.26. The van der Waals surface area contributed by atoms with Crippen molar-refractivity contribution in [3.8, 4) is 6.07 Å². The number of nitriles is 1. The number of anilines is 1. The van der Waals surface area contributed by atoms with Gasteiger partial charge < -0.3 is 19.8 Å². The van der Waals surface area contributed by atoms with E-state index in [2.05, 4.69) is 16.7 Å². The number of carbonyl (C=O) groups excluding carboxylic acids is 2. The molecule has 0 aromatic carbocycles. The van der Waals surface area contributed by atoms with Crippen LogP contribution < -0.4 is 10.6 Å². The molecule has 1 fully saturated rings. The van der Waals surface area contributed by atoms with Crippen LogP contribution in [0, 0.1) is 17.2 Å². The van der Waals surface area contributed by atoms with Gasteiger partial charge in [-0.3, -0.25) is 4.79 Å². The Kier molecular flexibility index (Phi) is 6.19. The molecular formula is C22H23N3O4S. The second-order valence-electron chi connectivity index (χ2n) is 7.68. The van der Waals surface area contributed by atoms with Gasteiger partial charge in [0.2, 0.25) is 5.91 Å². The number of hydrogen-bond acceptors (Lipinski definition) is 6. The maximum absolute atomic E-state index is 12.3. The zero-order chi connectivity index (χ0) is 20.9. The van der Waals surface area contributed by atoms with E-state index in [1.54, 1.807) is 18.4 Å². The zero-order valence-electron chi connectivity index (χ0n) is 16.5. The number of nitrogens with one attached hydrogen (secondary N) is 2. The summed E-state index contributed by atoms with van der Waals surface area (Å²) in [5.41, 5.74) is 2.34. The lowest BCUT2D eigenvalue weighted by molar-refractivity contribution is -0.111.